The van der Waals surface area contributed by atoms with Crippen LogP contribution in [0.1, 0.15) is 46.7 Å². The highest BCUT2D eigenvalue weighted by Crippen LogP contribution is 2.31. The van der Waals surface area contributed by atoms with E-state index in [2.05, 4.69) is 20.6 Å². The smallest absolute Gasteiger partial charge is 0.326 e. The summed E-state index contributed by atoms with van der Waals surface area (Å²) in [6.07, 6.45) is 3.45. The van der Waals surface area contributed by atoms with Crippen LogP contribution in [0, 0.1) is 0 Å². The molecular weight excluding hydrogens is 438 g/mol. The van der Waals surface area contributed by atoms with Gasteiger partial charge in [-0.2, -0.15) is 0 Å². The van der Waals surface area contributed by atoms with Gasteiger partial charge in [-0.15, -0.1) is 0 Å². The molecule has 3 aromatic rings. The standard InChI is InChI=1S/C24H25N5O5/c1-14(22(31)28-18(24(33)34)11-16-12-25-13-26-16)27-23(32)17-9-10-29-19(17)7-8-20(29)21(30)15-5-3-2-4-6-15/h2-8,12-14,17-18H,9-11H2,1H3,(H,25,26)(H,27,32)(H,28,31)(H,33,34). The van der Waals surface area contributed by atoms with Gasteiger partial charge in [0, 0.05) is 36.1 Å². The number of aliphatic carboxylic acids is 1. The lowest BCUT2D eigenvalue weighted by Crippen LogP contribution is -2.51. The number of rotatable bonds is 9. The van der Waals surface area contributed by atoms with Crippen LogP contribution < -0.4 is 10.6 Å². The molecule has 0 spiro atoms. The summed E-state index contributed by atoms with van der Waals surface area (Å²) in [6, 6.07) is 10.3. The Labute approximate surface area is 195 Å². The van der Waals surface area contributed by atoms with E-state index in [-0.39, 0.29) is 18.1 Å². The number of aromatic nitrogens is 3. The average molecular weight is 463 g/mol. The van der Waals surface area contributed by atoms with Gasteiger partial charge in [0.05, 0.1) is 17.9 Å². The van der Waals surface area contributed by atoms with E-state index in [1.165, 1.54) is 19.4 Å². The third-order valence-corrected chi connectivity index (χ3v) is 5.94. The number of imidazole rings is 1. The van der Waals surface area contributed by atoms with E-state index in [4.69, 9.17) is 0 Å². The molecule has 0 radical (unpaired) electrons. The molecule has 1 aliphatic rings. The molecule has 1 aliphatic heterocycles. The van der Waals surface area contributed by atoms with E-state index in [0.29, 0.717) is 35.6 Å². The SMILES string of the molecule is CC(NC(=O)C1CCn2c(C(=O)c3ccccc3)ccc21)C(=O)NC(Cc1cnc[nH]1)C(=O)O. The van der Waals surface area contributed by atoms with Gasteiger partial charge in [0.2, 0.25) is 17.6 Å². The van der Waals surface area contributed by atoms with Crippen LogP contribution in [0.15, 0.2) is 55.0 Å². The fraction of sp³-hybridized carbons (Fsp3) is 0.292. The highest BCUT2D eigenvalue weighted by molar-refractivity contribution is 6.08. The molecule has 2 aromatic heterocycles. The van der Waals surface area contributed by atoms with E-state index in [1.54, 1.807) is 36.4 Å². The maximum Gasteiger partial charge on any atom is 0.326 e. The van der Waals surface area contributed by atoms with Crippen LogP contribution in [-0.2, 0) is 27.3 Å². The second kappa shape index (κ2) is 9.74. The molecule has 3 unspecified atom stereocenters. The van der Waals surface area contributed by atoms with Gasteiger partial charge in [0.15, 0.2) is 0 Å². The molecule has 10 nitrogen and oxygen atoms in total. The van der Waals surface area contributed by atoms with Gasteiger partial charge >= 0.3 is 5.97 Å². The van der Waals surface area contributed by atoms with Crippen LogP contribution in [0.3, 0.4) is 0 Å². The number of carboxylic acid groups (broad SMARTS) is 1. The number of fused-ring (bicyclic) bond motifs is 1. The first-order chi connectivity index (χ1) is 16.3. The normalized spacial score (nSPS) is 16.3. The Kier molecular flexibility index (Phi) is 6.58. The lowest BCUT2D eigenvalue weighted by Gasteiger charge is -2.20. The molecule has 34 heavy (non-hydrogen) atoms. The summed E-state index contributed by atoms with van der Waals surface area (Å²) >= 11 is 0. The molecule has 4 N–H and O–H groups in total. The minimum Gasteiger partial charge on any atom is -0.480 e. The lowest BCUT2D eigenvalue weighted by atomic mass is 10.0. The monoisotopic (exact) mass is 463 g/mol. The maximum absolute atomic E-state index is 12.9. The Morgan fingerprint density at radius 3 is 2.59 bits per heavy atom. The largest absolute Gasteiger partial charge is 0.480 e. The second-order valence-corrected chi connectivity index (χ2v) is 8.24. The summed E-state index contributed by atoms with van der Waals surface area (Å²) in [6.45, 7) is 2.01. The predicted octanol–water partition coefficient (Wildman–Crippen LogP) is 1.25. The Morgan fingerprint density at radius 1 is 1.15 bits per heavy atom. The summed E-state index contributed by atoms with van der Waals surface area (Å²) < 4.78 is 1.84. The topological polar surface area (TPSA) is 146 Å². The van der Waals surface area contributed by atoms with E-state index < -0.39 is 29.9 Å². The molecule has 1 aromatic carbocycles. The zero-order valence-corrected chi connectivity index (χ0v) is 18.5. The molecule has 4 rings (SSSR count). The Hall–Kier alpha value is -4.21. The second-order valence-electron chi connectivity index (χ2n) is 8.24. The summed E-state index contributed by atoms with van der Waals surface area (Å²) in [7, 11) is 0. The lowest BCUT2D eigenvalue weighted by molar-refractivity contribution is -0.142. The van der Waals surface area contributed by atoms with Crippen molar-refractivity contribution in [1.82, 2.24) is 25.2 Å². The molecule has 2 amide bonds. The first kappa shape index (κ1) is 23.0. The van der Waals surface area contributed by atoms with Crippen LogP contribution in [0.5, 0.6) is 0 Å². The van der Waals surface area contributed by atoms with Gasteiger partial charge in [0.1, 0.15) is 12.1 Å². The number of benzene rings is 1. The maximum atomic E-state index is 12.9. The van der Waals surface area contributed by atoms with E-state index in [9.17, 15) is 24.3 Å². The minimum absolute atomic E-state index is 0.0378. The molecule has 3 atom stereocenters. The first-order valence-electron chi connectivity index (χ1n) is 10.9. The van der Waals surface area contributed by atoms with Crippen LogP contribution >= 0.6 is 0 Å². The number of ketones is 1. The van der Waals surface area contributed by atoms with Crippen molar-refractivity contribution in [3.8, 4) is 0 Å². The number of carbonyl (C=O) groups excluding carboxylic acids is 3. The number of aromatic amines is 1. The molecule has 0 aliphatic carbocycles. The minimum atomic E-state index is -1.19. The zero-order chi connectivity index (χ0) is 24.2. The van der Waals surface area contributed by atoms with E-state index in [0.717, 1.165) is 0 Å². The molecular formula is C24H25N5O5. The average Bonchev–Trinajstić information content (AvgIpc) is 3.56. The molecule has 0 saturated heterocycles. The summed E-state index contributed by atoms with van der Waals surface area (Å²) in [5, 5.41) is 14.6. The van der Waals surface area contributed by atoms with Crippen molar-refractivity contribution in [3.63, 3.8) is 0 Å². The number of carbonyl (C=O) groups is 4. The van der Waals surface area contributed by atoms with Crippen molar-refractivity contribution in [2.45, 2.75) is 44.3 Å². The highest BCUT2D eigenvalue weighted by atomic mass is 16.4. The number of nitrogens with zero attached hydrogens (tertiary/aromatic N) is 2. The highest BCUT2D eigenvalue weighted by Gasteiger charge is 2.33. The van der Waals surface area contributed by atoms with Crippen molar-refractivity contribution in [1.29, 1.82) is 0 Å². The van der Waals surface area contributed by atoms with Crippen molar-refractivity contribution in [2.75, 3.05) is 0 Å². The van der Waals surface area contributed by atoms with Crippen molar-refractivity contribution < 1.29 is 24.3 Å². The van der Waals surface area contributed by atoms with Gasteiger partial charge in [-0.25, -0.2) is 9.78 Å². The van der Waals surface area contributed by atoms with Gasteiger partial charge in [-0.05, 0) is 25.5 Å². The third kappa shape index (κ3) is 4.75. The molecule has 0 saturated carbocycles. The van der Waals surface area contributed by atoms with Gasteiger partial charge < -0.3 is 25.3 Å². The van der Waals surface area contributed by atoms with E-state index in [1.807, 2.05) is 10.6 Å². The van der Waals surface area contributed by atoms with Crippen LogP contribution in [-0.4, -0.2) is 55.3 Å². The van der Waals surface area contributed by atoms with Gasteiger partial charge in [-0.1, -0.05) is 30.3 Å². The van der Waals surface area contributed by atoms with Crippen LogP contribution in [0.25, 0.3) is 0 Å². The summed E-state index contributed by atoms with van der Waals surface area (Å²) in [5.74, 6) is -2.76. The van der Waals surface area contributed by atoms with Gasteiger partial charge in [0.25, 0.3) is 0 Å². The number of H-pyrrole nitrogens is 1. The fourth-order valence-corrected chi connectivity index (χ4v) is 4.14. The number of amides is 2. The zero-order valence-electron chi connectivity index (χ0n) is 18.5. The Bertz CT molecular complexity index is 1200. The summed E-state index contributed by atoms with van der Waals surface area (Å²) in [5.41, 5.74) is 2.37. The molecule has 176 valence electrons. The quantitative estimate of drug-likeness (QED) is 0.351. The van der Waals surface area contributed by atoms with Crippen molar-refractivity contribution >= 4 is 23.6 Å². The van der Waals surface area contributed by atoms with Crippen molar-refractivity contribution in [3.05, 3.63) is 77.6 Å². The number of hydrogen-bond donors (Lipinski definition) is 4. The number of carboxylic acids is 1. The van der Waals surface area contributed by atoms with Crippen LogP contribution in [0.2, 0.25) is 0 Å². The number of nitrogens with one attached hydrogen (secondary N) is 3. The van der Waals surface area contributed by atoms with Crippen molar-refractivity contribution in [2.24, 2.45) is 0 Å². The first-order valence-corrected chi connectivity index (χ1v) is 10.9. The molecule has 0 fully saturated rings. The van der Waals surface area contributed by atoms with E-state index >= 15 is 0 Å². The van der Waals surface area contributed by atoms with Crippen LogP contribution in [0.4, 0.5) is 0 Å². The summed E-state index contributed by atoms with van der Waals surface area (Å²) in [4.78, 5) is 56.5. The third-order valence-electron chi connectivity index (χ3n) is 5.94. The number of hydrogen-bond acceptors (Lipinski definition) is 5. The fourth-order valence-electron chi connectivity index (χ4n) is 4.14. The molecule has 10 heteroatoms. The molecule has 3 heterocycles. The molecule has 0 bridgehead atoms. The predicted molar refractivity (Wildman–Crippen MR) is 121 cm³/mol. The Morgan fingerprint density at radius 2 is 1.91 bits per heavy atom. The van der Waals surface area contributed by atoms with Gasteiger partial charge in [-0.3, -0.25) is 14.4 Å². The Balaban J connectivity index is 1.39.